The summed E-state index contributed by atoms with van der Waals surface area (Å²) in [5.74, 6) is -9.72. The van der Waals surface area contributed by atoms with Gasteiger partial charge in [-0.2, -0.15) is 17.6 Å². The number of amides is 3. The number of aryl methyl sites for hydroxylation is 1. The van der Waals surface area contributed by atoms with E-state index in [2.05, 4.69) is 10.1 Å². The van der Waals surface area contributed by atoms with E-state index in [0.29, 0.717) is 5.56 Å². The molecule has 0 aliphatic rings. The number of imide groups is 1. The monoisotopic (exact) mass is 512 g/mol. The maximum absolute atomic E-state index is 14.5. The zero-order valence-electron chi connectivity index (χ0n) is 18.7. The van der Waals surface area contributed by atoms with Crippen LogP contribution < -0.4 is 20.1 Å². The van der Waals surface area contributed by atoms with Crippen LogP contribution in [0.25, 0.3) is 0 Å². The summed E-state index contributed by atoms with van der Waals surface area (Å²) >= 11 is 0. The van der Waals surface area contributed by atoms with Gasteiger partial charge in [-0.25, -0.2) is 13.6 Å². The number of anilines is 1. The van der Waals surface area contributed by atoms with E-state index >= 15 is 0 Å². The molecular weight excluding hydrogens is 494 g/mol. The number of alkyl halides is 4. The molecule has 0 atom stereocenters. The highest BCUT2D eigenvalue weighted by atomic mass is 19.3. The molecule has 0 saturated carbocycles. The number of methoxy groups -OCH3 is 1. The summed E-state index contributed by atoms with van der Waals surface area (Å²) < 4.78 is 94.7. The fourth-order valence-electron chi connectivity index (χ4n) is 3.08. The van der Waals surface area contributed by atoms with Gasteiger partial charge in [0.1, 0.15) is 17.2 Å². The van der Waals surface area contributed by atoms with Crippen LogP contribution in [0.2, 0.25) is 0 Å². The number of ether oxygens (including phenoxy) is 2. The van der Waals surface area contributed by atoms with Crippen molar-refractivity contribution in [3.63, 3.8) is 0 Å². The second-order valence-corrected chi connectivity index (χ2v) is 7.43. The molecule has 2 N–H and O–H groups in total. The van der Waals surface area contributed by atoms with Gasteiger partial charge in [0.15, 0.2) is 11.5 Å². The van der Waals surface area contributed by atoms with Crippen molar-refractivity contribution in [2.24, 2.45) is 0 Å². The van der Waals surface area contributed by atoms with Crippen LogP contribution in [0.15, 0.2) is 60.7 Å². The molecule has 0 aromatic heterocycles. The molecule has 3 amide bonds. The summed E-state index contributed by atoms with van der Waals surface area (Å²) in [6.07, 6.45) is -4.99. The van der Waals surface area contributed by atoms with E-state index < -0.39 is 58.2 Å². The summed E-state index contributed by atoms with van der Waals surface area (Å²) in [5.41, 5.74) is -1.76. The zero-order chi connectivity index (χ0) is 26.7. The third-order valence-corrected chi connectivity index (χ3v) is 4.82. The molecule has 3 aromatic carbocycles. The van der Waals surface area contributed by atoms with Gasteiger partial charge in [-0.3, -0.25) is 10.1 Å². The Morgan fingerprint density at radius 3 is 2.11 bits per heavy atom. The van der Waals surface area contributed by atoms with Gasteiger partial charge in [-0.1, -0.05) is 29.8 Å². The van der Waals surface area contributed by atoms with Gasteiger partial charge in [-0.15, -0.1) is 0 Å². The molecule has 36 heavy (non-hydrogen) atoms. The molecule has 0 heterocycles. The quantitative estimate of drug-likeness (QED) is 0.381. The molecule has 0 fully saturated rings. The Morgan fingerprint density at radius 1 is 0.861 bits per heavy atom. The molecular formula is C24H18F6N2O4. The van der Waals surface area contributed by atoms with Gasteiger partial charge in [0.05, 0.1) is 7.11 Å². The Balaban J connectivity index is 1.76. The number of rotatable bonds is 7. The van der Waals surface area contributed by atoms with Crippen LogP contribution in [-0.2, 0) is 5.92 Å². The summed E-state index contributed by atoms with van der Waals surface area (Å²) in [6, 6.07) is 8.60. The largest absolute Gasteiger partial charge is 0.493 e. The van der Waals surface area contributed by atoms with Crippen LogP contribution in [0.5, 0.6) is 11.5 Å². The van der Waals surface area contributed by atoms with Crippen molar-refractivity contribution >= 4 is 17.6 Å². The van der Waals surface area contributed by atoms with E-state index in [1.165, 1.54) is 19.1 Å². The van der Waals surface area contributed by atoms with Crippen molar-refractivity contribution < 1.29 is 45.4 Å². The molecule has 0 spiro atoms. The van der Waals surface area contributed by atoms with Gasteiger partial charge in [0.25, 0.3) is 5.91 Å². The first-order chi connectivity index (χ1) is 16.9. The highest BCUT2D eigenvalue weighted by molar-refractivity contribution is 6.08. The van der Waals surface area contributed by atoms with E-state index in [1.54, 1.807) is 5.32 Å². The molecule has 3 rings (SSSR count). The molecule has 0 unspecified atom stereocenters. The lowest BCUT2D eigenvalue weighted by Gasteiger charge is -2.27. The van der Waals surface area contributed by atoms with Crippen LogP contribution in [-0.4, -0.2) is 25.2 Å². The summed E-state index contributed by atoms with van der Waals surface area (Å²) in [5, 5.41) is 3.82. The van der Waals surface area contributed by atoms with E-state index in [-0.39, 0.29) is 5.69 Å². The third-order valence-electron chi connectivity index (χ3n) is 4.82. The summed E-state index contributed by atoms with van der Waals surface area (Å²) in [6.45, 7) is 1.46. The molecule has 6 nitrogen and oxygen atoms in total. The van der Waals surface area contributed by atoms with Crippen molar-refractivity contribution in [3.05, 3.63) is 89.0 Å². The van der Waals surface area contributed by atoms with Crippen molar-refractivity contribution in [2.75, 3.05) is 12.4 Å². The predicted octanol–water partition coefficient (Wildman–Crippen LogP) is 6.01. The number of halogens is 6. The van der Waals surface area contributed by atoms with Gasteiger partial charge < -0.3 is 14.8 Å². The molecule has 0 aliphatic carbocycles. The normalized spacial score (nSPS) is 11.6. The van der Waals surface area contributed by atoms with Gasteiger partial charge in [0, 0.05) is 17.3 Å². The molecule has 12 heteroatoms. The van der Waals surface area contributed by atoms with Crippen LogP contribution in [0.4, 0.5) is 36.8 Å². The number of carbonyl (C=O) groups is 2. The van der Waals surface area contributed by atoms with E-state index in [1.807, 2.05) is 0 Å². The highest BCUT2D eigenvalue weighted by Gasteiger charge is 2.61. The first-order valence-corrected chi connectivity index (χ1v) is 10.1. The Morgan fingerprint density at radius 2 is 1.50 bits per heavy atom. The number of benzene rings is 3. The van der Waals surface area contributed by atoms with Crippen molar-refractivity contribution in [2.45, 2.75) is 19.0 Å². The van der Waals surface area contributed by atoms with E-state index in [9.17, 15) is 35.9 Å². The fourth-order valence-corrected chi connectivity index (χ4v) is 3.08. The van der Waals surface area contributed by atoms with Gasteiger partial charge >= 0.3 is 18.1 Å². The minimum atomic E-state index is -4.99. The standard InChI is InChI=1S/C24H18F6N2O4/c1-13-5-3-6-14(11-13)23(27,28)24(29,30)36-18-10-9-15(12-19(18)35-2)31-22(34)32-21(33)20-16(25)7-4-8-17(20)26/h3-12H,1-2H3,(H2,31,32,33,34). The van der Waals surface area contributed by atoms with Gasteiger partial charge in [-0.05, 0) is 37.3 Å². The minimum absolute atomic E-state index is 0.146. The smallest absolute Gasteiger partial charge is 0.469 e. The van der Waals surface area contributed by atoms with E-state index in [4.69, 9.17) is 4.74 Å². The van der Waals surface area contributed by atoms with Crippen LogP contribution in [0.1, 0.15) is 21.5 Å². The minimum Gasteiger partial charge on any atom is -0.493 e. The molecule has 3 aromatic rings. The number of hydrogen-bond donors (Lipinski definition) is 2. The second-order valence-electron chi connectivity index (χ2n) is 7.43. The molecule has 190 valence electrons. The fraction of sp³-hybridized carbons (Fsp3) is 0.167. The summed E-state index contributed by atoms with van der Waals surface area (Å²) in [4.78, 5) is 24.1. The molecule has 0 saturated heterocycles. The number of carbonyl (C=O) groups excluding carboxylic acids is 2. The lowest BCUT2D eigenvalue weighted by Crippen LogP contribution is -2.43. The second kappa shape index (κ2) is 10.2. The highest BCUT2D eigenvalue weighted by Crippen LogP contribution is 2.46. The average Bonchev–Trinajstić information content (AvgIpc) is 2.79. The van der Waals surface area contributed by atoms with Crippen LogP contribution in [0.3, 0.4) is 0 Å². The first-order valence-electron chi connectivity index (χ1n) is 10.1. The molecule has 0 bridgehead atoms. The lowest BCUT2D eigenvalue weighted by atomic mass is 10.1. The Kier molecular flexibility index (Phi) is 7.46. The van der Waals surface area contributed by atoms with Crippen LogP contribution >= 0.6 is 0 Å². The lowest BCUT2D eigenvalue weighted by molar-refractivity contribution is -0.316. The average molecular weight is 512 g/mol. The Labute approximate surface area is 200 Å². The maximum atomic E-state index is 14.5. The van der Waals surface area contributed by atoms with Crippen molar-refractivity contribution in [1.29, 1.82) is 0 Å². The van der Waals surface area contributed by atoms with Crippen LogP contribution in [0, 0.1) is 18.6 Å². The van der Waals surface area contributed by atoms with E-state index in [0.717, 1.165) is 55.6 Å². The maximum Gasteiger partial charge on any atom is 0.469 e. The number of hydrogen-bond acceptors (Lipinski definition) is 4. The molecule has 0 aliphatic heterocycles. The topological polar surface area (TPSA) is 76.7 Å². The summed E-state index contributed by atoms with van der Waals surface area (Å²) in [7, 11) is 1.04. The third kappa shape index (κ3) is 5.53. The van der Waals surface area contributed by atoms with Gasteiger partial charge in [0.2, 0.25) is 0 Å². The Hall–Kier alpha value is -4.22. The zero-order valence-corrected chi connectivity index (χ0v) is 18.7. The number of urea groups is 1. The molecule has 0 radical (unpaired) electrons. The Bertz CT molecular complexity index is 1280. The van der Waals surface area contributed by atoms with Crippen molar-refractivity contribution in [1.82, 2.24) is 5.32 Å². The first kappa shape index (κ1) is 26.4. The van der Waals surface area contributed by atoms with Crippen molar-refractivity contribution in [3.8, 4) is 11.5 Å². The predicted molar refractivity (Wildman–Crippen MR) is 116 cm³/mol. The number of nitrogens with one attached hydrogen (secondary N) is 2. The SMILES string of the molecule is COc1cc(NC(=O)NC(=O)c2c(F)cccc2F)ccc1OC(F)(F)C(F)(F)c1cccc(C)c1.